The number of aromatic nitrogens is 3. The molecule has 1 aromatic heterocycles. The second-order valence-corrected chi connectivity index (χ2v) is 8.25. The van der Waals surface area contributed by atoms with Gasteiger partial charge >= 0.3 is 0 Å². The molecule has 1 heterocycles. The van der Waals surface area contributed by atoms with Crippen molar-refractivity contribution in [2.75, 3.05) is 0 Å². The van der Waals surface area contributed by atoms with Crippen LogP contribution in [-0.4, -0.2) is 14.8 Å². The zero-order chi connectivity index (χ0) is 22.4. The van der Waals surface area contributed by atoms with Gasteiger partial charge in [-0.3, -0.25) is 9.67 Å². The molecule has 0 atom stereocenters. The Balaban J connectivity index is 2.20. The predicted molar refractivity (Wildman–Crippen MR) is 136 cm³/mol. The van der Waals surface area contributed by atoms with E-state index in [2.05, 4.69) is 67.2 Å². The van der Waals surface area contributed by atoms with Crippen LogP contribution in [0.1, 0.15) is 38.9 Å². The van der Waals surface area contributed by atoms with Crippen LogP contribution in [-0.2, 0) is 0 Å². The lowest BCUT2D eigenvalue weighted by Gasteiger charge is -2.15. The summed E-state index contributed by atoms with van der Waals surface area (Å²) in [5.74, 6) is 0.768. The fraction of sp³-hybridized carbons (Fsp3) is 0.185. The highest BCUT2D eigenvalue weighted by Gasteiger charge is 2.18. The molecule has 3 aromatic rings. The van der Waals surface area contributed by atoms with Gasteiger partial charge in [-0.05, 0) is 62.4 Å². The molecule has 4 heteroatoms. The lowest BCUT2D eigenvalue weighted by atomic mass is 9.96. The monoisotopic (exact) mass is 427 g/mol. The Bertz CT molecular complexity index is 1250. The third-order valence-electron chi connectivity index (χ3n) is 5.01. The van der Waals surface area contributed by atoms with Gasteiger partial charge in [0.15, 0.2) is 10.6 Å². The van der Waals surface area contributed by atoms with E-state index in [1.165, 1.54) is 5.57 Å². The Labute approximate surface area is 189 Å². The minimum absolute atomic E-state index is 0.554. The van der Waals surface area contributed by atoms with E-state index in [0.29, 0.717) is 4.77 Å². The summed E-state index contributed by atoms with van der Waals surface area (Å²) >= 11 is 5.66. The number of aromatic amines is 1. The first kappa shape index (κ1) is 22.4. The first-order valence-corrected chi connectivity index (χ1v) is 10.8. The molecule has 0 saturated carbocycles. The zero-order valence-electron chi connectivity index (χ0n) is 18.3. The Morgan fingerprint density at radius 3 is 2.55 bits per heavy atom. The Kier molecular flexibility index (Phi) is 7.37. The predicted octanol–water partition coefficient (Wildman–Crippen LogP) is 7.90. The van der Waals surface area contributed by atoms with Crippen molar-refractivity contribution in [3.63, 3.8) is 0 Å². The molecule has 158 valence electrons. The fourth-order valence-corrected chi connectivity index (χ4v) is 3.87. The van der Waals surface area contributed by atoms with Crippen molar-refractivity contribution in [1.29, 1.82) is 0 Å². The standard InChI is InChI=1S/C27H29N3S/c1-6-11-24(22(18-20(4)5)15-9-12-19(2)3)26-28-29-27(31)30(26)25-17-10-14-21-13-7-8-16-23(21)25/h6-8,10-11,13-17H,1-2,4,9,12,18H2,3,5H3,(H,29,31)/b22-15-,24-11+. The van der Waals surface area contributed by atoms with E-state index in [-0.39, 0.29) is 0 Å². The molecule has 0 radical (unpaired) electrons. The maximum Gasteiger partial charge on any atom is 0.200 e. The molecule has 0 saturated heterocycles. The van der Waals surface area contributed by atoms with Crippen LogP contribution < -0.4 is 0 Å². The Morgan fingerprint density at radius 1 is 1.10 bits per heavy atom. The summed E-state index contributed by atoms with van der Waals surface area (Å²) in [5.41, 5.74) is 5.39. The Hall–Kier alpha value is -3.24. The van der Waals surface area contributed by atoms with E-state index in [4.69, 9.17) is 12.2 Å². The van der Waals surface area contributed by atoms with Gasteiger partial charge in [0.25, 0.3) is 0 Å². The molecule has 1 N–H and O–H groups in total. The van der Waals surface area contributed by atoms with Crippen molar-refractivity contribution in [2.45, 2.75) is 33.1 Å². The van der Waals surface area contributed by atoms with Gasteiger partial charge in [0.05, 0.1) is 5.69 Å². The molecule has 0 unspecified atom stereocenters. The maximum absolute atomic E-state index is 5.66. The average Bonchev–Trinajstić information content (AvgIpc) is 3.11. The summed E-state index contributed by atoms with van der Waals surface area (Å²) in [6.45, 7) is 16.2. The van der Waals surface area contributed by atoms with Crippen molar-refractivity contribution in [2.24, 2.45) is 0 Å². The number of nitrogens with one attached hydrogen (secondary N) is 1. The zero-order valence-corrected chi connectivity index (χ0v) is 19.1. The average molecular weight is 428 g/mol. The number of hydrogen-bond acceptors (Lipinski definition) is 2. The van der Waals surface area contributed by atoms with Gasteiger partial charge < -0.3 is 0 Å². The normalized spacial score (nSPS) is 12.2. The minimum Gasteiger partial charge on any atom is -0.268 e. The molecule has 3 rings (SSSR count). The van der Waals surface area contributed by atoms with Crippen LogP contribution in [0.25, 0.3) is 22.0 Å². The van der Waals surface area contributed by atoms with Gasteiger partial charge in [-0.2, -0.15) is 5.10 Å². The lowest BCUT2D eigenvalue weighted by molar-refractivity contribution is 0.962. The molecule has 0 amide bonds. The van der Waals surface area contributed by atoms with E-state index in [0.717, 1.165) is 58.3 Å². The summed E-state index contributed by atoms with van der Waals surface area (Å²) in [7, 11) is 0. The minimum atomic E-state index is 0.554. The molecule has 3 nitrogen and oxygen atoms in total. The molecule has 0 spiro atoms. The number of nitrogens with zero attached hydrogens (tertiary/aromatic N) is 2. The molecule has 0 fully saturated rings. The third-order valence-corrected chi connectivity index (χ3v) is 5.28. The van der Waals surface area contributed by atoms with Crippen LogP contribution in [0.2, 0.25) is 0 Å². The SMILES string of the molecule is C=C/C=C(\C(=C/CCC(=C)C)CC(=C)C)c1n[nH]c(=S)n1-c1cccc2ccccc12. The van der Waals surface area contributed by atoms with Crippen molar-refractivity contribution in [3.05, 3.63) is 108 Å². The van der Waals surface area contributed by atoms with Crippen molar-refractivity contribution in [1.82, 2.24) is 14.8 Å². The number of fused-ring (bicyclic) bond motifs is 1. The second-order valence-electron chi connectivity index (χ2n) is 7.86. The quantitative estimate of drug-likeness (QED) is 0.214. The van der Waals surface area contributed by atoms with Gasteiger partial charge in [-0.15, -0.1) is 6.58 Å². The van der Waals surface area contributed by atoms with E-state index in [1.54, 1.807) is 6.08 Å². The third kappa shape index (κ3) is 5.28. The number of benzene rings is 2. The fourth-order valence-electron chi connectivity index (χ4n) is 3.64. The van der Waals surface area contributed by atoms with Crippen LogP contribution in [0.4, 0.5) is 0 Å². The topological polar surface area (TPSA) is 33.6 Å². The molecule has 0 bridgehead atoms. The van der Waals surface area contributed by atoms with Crippen LogP contribution in [0, 0.1) is 4.77 Å². The number of rotatable bonds is 9. The van der Waals surface area contributed by atoms with E-state index < -0.39 is 0 Å². The molecular formula is C27H29N3S. The molecular weight excluding hydrogens is 398 g/mol. The van der Waals surface area contributed by atoms with Crippen molar-refractivity contribution in [3.8, 4) is 5.69 Å². The summed E-state index contributed by atoms with van der Waals surface area (Å²) in [4.78, 5) is 0. The van der Waals surface area contributed by atoms with Crippen LogP contribution >= 0.6 is 12.2 Å². The molecule has 0 aliphatic carbocycles. The smallest absolute Gasteiger partial charge is 0.200 e. The largest absolute Gasteiger partial charge is 0.268 e. The van der Waals surface area contributed by atoms with Crippen molar-refractivity contribution < 1.29 is 0 Å². The van der Waals surface area contributed by atoms with Crippen LogP contribution in [0.5, 0.6) is 0 Å². The van der Waals surface area contributed by atoms with Crippen LogP contribution in [0.15, 0.2) is 97.1 Å². The van der Waals surface area contributed by atoms with E-state index in [9.17, 15) is 0 Å². The summed E-state index contributed by atoms with van der Waals surface area (Å²) < 4.78 is 2.57. The molecule has 31 heavy (non-hydrogen) atoms. The van der Waals surface area contributed by atoms with E-state index >= 15 is 0 Å². The van der Waals surface area contributed by atoms with Crippen molar-refractivity contribution >= 4 is 28.6 Å². The second kappa shape index (κ2) is 10.2. The van der Waals surface area contributed by atoms with Gasteiger partial charge in [0.2, 0.25) is 0 Å². The molecule has 2 aromatic carbocycles. The van der Waals surface area contributed by atoms with E-state index in [1.807, 2.05) is 35.8 Å². The number of hydrogen-bond donors (Lipinski definition) is 1. The number of H-pyrrole nitrogens is 1. The highest BCUT2D eigenvalue weighted by Crippen LogP contribution is 2.31. The number of allylic oxidation sites excluding steroid dienone is 7. The summed E-state index contributed by atoms with van der Waals surface area (Å²) in [6, 6.07) is 14.5. The maximum atomic E-state index is 5.66. The summed E-state index contributed by atoms with van der Waals surface area (Å²) in [5, 5.41) is 9.90. The summed E-state index contributed by atoms with van der Waals surface area (Å²) in [6.07, 6.45) is 8.66. The first-order valence-electron chi connectivity index (χ1n) is 10.4. The lowest BCUT2D eigenvalue weighted by Crippen LogP contribution is -2.04. The van der Waals surface area contributed by atoms with Gasteiger partial charge in [0, 0.05) is 11.0 Å². The molecule has 0 aliphatic rings. The van der Waals surface area contributed by atoms with Crippen LogP contribution in [0.3, 0.4) is 0 Å². The highest BCUT2D eigenvalue weighted by atomic mass is 32.1. The molecule has 0 aliphatic heterocycles. The highest BCUT2D eigenvalue weighted by molar-refractivity contribution is 7.71. The van der Waals surface area contributed by atoms with Gasteiger partial charge in [0.1, 0.15) is 0 Å². The first-order chi connectivity index (χ1) is 14.9. The van der Waals surface area contributed by atoms with Gasteiger partial charge in [-0.25, -0.2) is 0 Å². The van der Waals surface area contributed by atoms with Gasteiger partial charge in [-0.1, -0.05) is 78.9 Å². The Morgan fingerprint density at radius 2 is 1.84 bits per heavy atom.